The van der Waals surface area contributed by atoms with E-state index >= 15 is 0 Å². The van der Waals surface area contributed by atoms with Crippen LogP contribution in [0.2, 0.25) is 0 Å². The first-order valence-electron chi connectivity index (χ1n) is 7.24. The predicted molar refractivity (Wildman–Crippen MR) is 81.5 cm³/mol. The van der Waals surface area contributed by atoms with Gasteiger partial charge in [-0.3, -0.25) is 0 Å². The molecule has 0 bridgehead atoms. The molecule has 0 N–H and O–H groups in total. The van der Waals surface area contributed by atoms with E-state index in [-0.39, 0.29) is 0 Å². The molecule has 1 aromatic heterocycles. The number of anilines is 1. The molecule has 0 aliphatic rings. The Labute approximate surface area is 126 Å². The van der Waals surface area contributed by atoms with Gasteiger partial charge in [-0.25, -0.2) is 0 Å². The average Bonchev–Trinajstić information content (AvgIpc) is 2.53. The van der Waals surface area contributed by atoms with Crippen LogP contribution in [0.3, 0.4) is 0 Å². The zero-order valence-electron chi connectivity index (χ0n) is 13.3. The van der Waals surface area contributed by atoms with Crippen molar-refractivity contribution in [1.82, 2.24) is 10.2 Å². The molecule has 21 heavy (non-hydrogen) atoms. The maximum absolute atomic E-state index is 9.54. The number of nitrogens with zero attached hydrogens (tertiary/aromatic N) is 4. The lowest BCUT2D eigenvalue weighted by atomic mass is 10.0. The largest absolute Gasteiger partial charge is 0.383 e. The van der Waals surface area contributed by atoms with E-state index in [0.29, 0.717) is 37.7 Å². The first-order chi connectivity index (χ1) is 10.2. The maximum Gasteiger partial charge on any atom is 0.169 e. The van der Waals surface area contributed by atoms with E-state index < -0.39 is 0 Å². The van der Waals surface area contributed by atoms with Crippen LogP contribution in [0.4, 0.5) is 5.82 Å². The summed E-state index contributed by atoms with van der Waals surface area (Å²) in [6.07, 6.45) is 1.55. The molecule has 0 aliphatic carbocycles. The summed E-state index contributed by atoms with van der Waals surface area (Å²) in [5.74, 6) is 0.626. The van der Waals surface area contributed by atoms with Gasteiger partial charge in [-0.05, 0) is 18.4 Å². The quantitative estimate of drug-likeness (QED) is 0.688. The Morgan fingerprint density at radius 3 is 2.10 bits per heavy atom. The third kappa shape index (κ3) is 4.38. The summed E-state index contributed by atoms with van der Waals surface area (Å²) in [6.45, 7) is 6.49. The van der Waals surface area contributed by atoms with Crippen molar-refractivity contribution in [3.05, 3.63) is 16.8 Å². The number of nitriles is 1. The van der Waals surface area contributed by atoms with E-state index in [2.05, 4.69) is 16.3 Å². The molecule has 0 aromatic carbocycles. The van der Waals surface area contributed by atoms with Crippen LogP contribution in [0, 0.1) is 11.3 Å². The first kappa shape index (κ1) is 17.3. The minimum Gasteiger partial charge on any atom is -0.383 e. The van der Waals surface area contributed by atoms with Crippen molar-refractivity contribution in [3.8, 4) is 6.07 Å². The van der Waals surface area contributed by atoms with Gasteiger partial charge >= 0.3 is 0 Å². The molecule has 1 rings (SSSR count). The summed E-state index contributed by atoms with van der Waals surface area (Å²) in [5.41, 5.74) is 2.51. The SMILES string of the molecule is CCc1nnc(N(CCOC)CCOC)c(C#N)c1CC. The van der Waals surface area contributed by atoms with Crippen LogP contribution in [0.15, 0.2) is 0 Å². The number of methoxy groups -OCH3 is 2. The Balaban J connectivity index is 3.20. The van der Waals surface area contributed by atoms with Crippen LogP contribution in [-0.2, 0) is 22.3 Å². The Kier molecular flexibility index (Phi) is 7.65. The zero-order valence-corrected chi connectivity index (χ0v) is 13.3. The fourth-order valence-corrected chi connectivity index (χ4v) is 2.23. The molecular weight excluding hydrogens is 268 g/mol. The van der Waals surface area contributed by atoms with Crippen LogP contribution in [0.1, 0.15) is 30.7 Å². The number of ether oxygens (including phenoxy) is 2. The Morgan fingerprint density at radius 2 is 1.67 bits per heavy atom. The van der Waals surface area contributed by atoms with Crippen molar-refractivity contribution < 1.29 is 9.47 Å². The molecule has 1 heterocycles. The van der Waals surface area contributed by atoms with Gasteiger partial charge in [0.05, 0.1) is 18.9 Å². The van der Waals surface area contributed by atoms with E-state index in [4.69, 9.17) is 9.47 Å². The molecule has 0 atom stereocenters. The van der Waals surface area contributed by atoms with Crippen LogP contribution >= 0.6 is 0 Å². The first-order valence-corrected chi connectivity index (χ1v) is 7.24. The number of aromatic nitrogens is 2. The third-order valence-corrected chi connectivity index (χ3v) is 3.37. The topological polar surface area (TPSA) is 71.3 Å². The van der Waals surface area contributed by atoms with Gasteiger partial charge in [0, 0.05) is 27.3 Å². The molecule has 116 valence electrons. The Morgan fingerprint density at radius 1 is 1.05 bits per heavy atom. The van der Waals surface area contributed by atoms with Gasteiger partial charge < -0.3 is 14.4 Å². The molecule has 0 saturated carbocycles. The molecule has 0 amide bonds. The lowest BCUT2D eigenvalue weighted by Gasteiger charge is -2.24. The molecule has 0 unspecified atom stereocenters. The van der Waals surface area contributed by atoms with Crippen molar-refractivity contribution in [3.63, 3.8) is 0 Å². The summed E-state index contributed by atoms with van der Waals surface area (Å²) in [7, 11) is 3.31. The second-order valence-electron chi connectivity index (χ2n) is 4.62. The monoisotopic (exact) mass is 292 g/mol. The highest BCUT2D eigenvalue weighted by molar-refractivity contribution is 5.58. The van der Waals surface area contributed by atoms with Crippen LogP contribution in [0.5, 0.6) is 0 Å². The second-order valence-corrected chi connectivity index (χ2v) is 4.62. The highest BCUT2D eigenvalue weighted by Gasteiger charge is 2.19. The smallest absolute Gasteiger partial charge is 0.169 e. The van der Waals surface area contributed by atoms with Gasteiger partial charge in [0.1, 0.15) is 11.6 Å². The van der Waals surface area contributed by atoms with E-state index in [1.807, 2.05) is 18.7 Å². The summed E-state index contributed by atoms with van der Waals surface area (Å²) in [6, 6.07) is 2.30. The van der Waals surface area contributed by atoms with Gasteiger partial charge in [0.25, 0.3) is 0 Å². The highest BCUT2D eigenvalue weighted by Crippen LogP contribution is 2.23. The normalized spacial score (nSPS) is 10.4. The molecule has 0 spiro atoms. The molecule has 6 heteroatoms. The van der Waals surface area contributed by atoms with E-state index in [9.17, 15) is 5.26 Å². The van der Waals surface area contributed by atoms with Crippen LogP contribution in [0.25, 0.3) is 0 Å². The highest BCUT2D eigenvalue weighted by atomic mass is 16.5. The number of hydrogen-bond acceptors (Lipinski definition) is 6. The Bertz CT molecular complexity index is 477. The number of aryl methyl sites for hydroxylation is 1. The molecule has 0 radical (unpaired) electrons. The zero-order chi connectivity index (χ0) is 15.7. The van der Waals surface area contributed by atoms with Gasteiger partial charge in [-0.15, -0.1) is 5.10 Å². The molecule has 0 fully saturated rings. The molecule has 1 aromatic rings. The lowest BCUT2D eigenvalue weighted by molar-refractivity contribution is 0.190. The summed E-state index contributed by atoms with van der Waals surface area (Å²) in [5, 5.41) is 18.1. The van der Waals surface area contributed by atoms with Crippen molar-refractivity contribution in [1.29, 1.82) is 5.26 Å². The van der Waals surface area contributed by atoms with Crippen LogP contribution in [-0.4, -0.2) is 50.7 Å². The minimum atomic E-state index is 0.563. The van der Waals surface area contributed by atoms with Crippen molar-refractivity contribution in [2.75, 3.05) is 45.4 Å². The predicted octanol–water partition coefficient (Wildman–Crippen LogP) is 1.57. The molecule has 0 aliphatic heterocycles. The van der Waals surface area contributed by atoms with E-state index in [0.717, 1.165) is 24.1 Å². The molecule has 0 saturated heterocycles. The third-order valence-electron chi connectivity index (χ3n) is 3.37. The van der Waals surface area contributed by atoms with Gasteiger partial charge in [-0.1, -0.05) is 13.8 Å². The van der Waals surface area contributed by atoms with E-state index in [1.165, 1.54) is 0 Å². The fourth-order valence-electron chi connectivity index (χ4n) is 2.23. The number of hydrogen-bond donors (Lipinski definition) is 0. The second kappa shape index (κ2) is 9.27. The fraction of sp³-hybridized carbons (Fsp3) is 0.667. The van der Waals surface area contributed by atoms with Gasteiger partial charge in [-0.2, -0.15) is 10.4 Å². The van der Waals surface area contributed by atoms with Gasteiger partial charge in [0.15, 0.2) is 5.82 Å². The van der Waals surface area contributed by atoms with E-state index in [1.54, 1.807) is 14.2 Å². The molecule has 6 nitrogen and oxygen atoms in total. The summed E-state index contributed by atoms with van der Waals surface area (Å²) in [4.78, 5) is 2.00. The van der Waals surface area contributed by atoms with Crippen molar-refractivity contribution in [2.24, 2.45) is 0 Å². The standard InChI is InChI=1S/C15H24N4O2/c1-5-12-13(11-16)15(18-17-14(12)6-2)19(7-9-20-3)8-10-21-4/h5-10H2,1-4H3. The minimum absolute atomic E-state index is 0.563. The average molecular weight is 292 g/mol. The summed E-state index contributed by atoms with van der Waals surface area (Å²) >= 11 is 0. The molecular formula is C15H24N4O2. The lowest BCUT2D eigenvalue weighted by Crippen LogP contribution is -2.32. The van der Waals surface area contributed by atoms with Crippen molar-refractivity contribution >= 4 is 5.82 Å². The maximum atomic E-state index is 9.54. The van der Waals surface area contributed by atoms with Gasteiger partial charge in [0.2, 0.25) is 0 Å². The summed E-state index contributed by atoms with van der Waals surface area (Å²) < 4.78 is 10.3. The Hall–Kier alpha value is -1.71. The van der Waals surface area contributed by atoms with Crippen molar-refractivity contribution in [2.45, 2.75) is 26.7 Å². The number of rotatable bonds is 9. The van der Waals surface area contributed by atoms with Crippen LogP contribution < -0.4 is 4.90 Å².